The van der Waals surface area contributed by atoms with E-state index in [4.69, 9.17) is 9.47 Å². The largest absolute Gasteiger partial charge is 0.491 e. The van der Waals surface area contributed by atoms with Crippen molar-refractivity contribution in [2.24, 2.45) is 4.99 Å². The fourth-order valence-electron chi connectivity index (χ4n) is 2.08. The molecule has 0 spiro atoms. The van der Waals surface area contributed by atoms with Crippen molar-refractivity contribution in [2.75, 3.05) is 33.5 Å². The van der Waals surface area contributed by atoms with Crippen LogP contribution in [0, 0.1) is 11.8 Å². The Labute approximate surface area is 142 Å². The molecule has 126 valence electrons. The van der Waals surface area contributed by atoms with Gasteiger partial charge in [0.1, 0.15) is 24.9 Å². The number of halogens is 1. The van der Waals surface area contributed by atoms with Gasteiger partial charge in [0.05, 0.1) is 18.9 Å². The maximum absolute atomic E-state index is 11.9. The van der Waals surface area contributed by atoms with Crippen molar-refractivity contribution in [3.8, 4) is 17.6 Å². The maximum atomic E-state index is 11.9. The molecule has 0 amide bonds. The van der Waals surface area contributed by atoms with Crippen LogP contribution in [0.3, 0.4) is 0 Å². The minimum atomic E-state index is -0.472. The van der Waals surface area contributed by atoms with Crippen molar-refractivity contribution >= 4 is 5.84 Å². The molecule has 1 N–H and O–H groups in total. The van der Waals surface area contributed by atoms with E-state index < -0.39 is 6.67 Å². The molecule has 0 saturated heterocycles. The normalized spacial score (nSPS) is 16.5. The Morgan fingerprint density at radius 1 is 1.17 bits per heavy atom. The molecule has 24 heavy (non-hydrogen) atoms. The van der Waals surface area contributed by atoms with Crippen LogP contribution in [0.5, 0.6) is 5.75 Å². The van der Waals surface area contributed by atoms with Crippen molar-refractivity contribution < 1.29 is 13.9 Å². The summed E-state index contributed by atoms with van der Waals surface area (Å²) in [6, 6.07) is 7.50. The first kappa shape index (κ1) is 17.8. The predicted molar refractivity (Wildman–Crippen MR) is 93.9 cm³/mol. The Balaban J connectivity index is 1.89. The summed E-state index contributed by atoms with van der Waals surface area (Å²) in [5, 5.41) is 3.17. The van der Waals surface area contributed by atoms with Gasteiger partial charge < -0.3 is 14.8 Å². The highest BCUT2D eigenvalue weighted by Gasteiger charge is 2.12. The number of aliphatic imine (C=N–C) groups is 1. The van der Waals surface area contributed by atoms with Gasteiger partial charge >= 0.3 is 0 Å². The van der Waals surface area contributed by atoms with E-state index in [0.29, 0.717) is 13.2 Å². The molecule has 4 nitrogen and oxygen atoms in total. The first-order valence-electron chi connectivity index (χ1n) is 7.77. The minimum Gasteiger partial charge on any atom is -0.491 e. The zero-order valence-electron chi connectivity index (χ0n) is 13.9. The molecule has 0 bridgehead atoms. The molecule has 0 atom stereocenters. The molecular formula is C19H21FN2O2. The zero-order chi connectivity index (χ0) is 17.2. The van der Waals surface area contributed by atoms with Crippen molar-refractivity contribution in [1.82, 2.24) is 5.32 Å². The number of rotatable bonds is 6. The van der Waals surface area contributed by atoms with Gasteiger partial charge in [-0.3, -0.25) is 4.99 Å². The van der Waals surface area contributed by atoms with Gasteiger partial charge in [0.2, 0.25) is 0 Å². The number of allylic oxidation sites excluding steroid dienone is 2. The zero-order valence-corrected chi connectivity index (χ0v) is 13.9. The fraction of sp³-hybridized carbons (Fsp3) is 0.316. The summed E-state index contributed by atoms with van der Waals surface area (Å²) in [4.78, 5) is 4.17. The average Bonchev–Trinajstić information content (AvgIpc) is 3.03. The third kappa shape index (κ3) is 5.25. The van der Waals surface area contributed by atoms with Crippen LogP contribution < -0.4 is 10.1 Å². The van der Waals surface area contributed by atoms with Crippen molar-refractivity contribution in [2.45, 2.75) is 6.92 Å². The highest BCUT2D eigenvalue weighted by Crippen LogP contribution is 2.13. The smallest absolute Gasteiger partial charge is 0.132 e. The third-order valence-corrected chi connectivity index (χ3v) is 3.27. The first-order valence-corrected chi connectivity index (χ1v) is 7.77. The number of amidine groups is 1. The molecule has 0 aliphatic carbocycles. The highest BCUT2D eigenvalue weighted by molar-refractivity contribution is 6.05. The molecule has 0 saturated carbocycles. The fourth-order valence-corrected chi connectivity index (χ4v) is 2.08. The molecular weight excluding hydrogens is 307 g/mol. The second-order valence-electron chi connectivity index (χ2n) is 4.92. The van der Waals surface area contributed by atoms with Crippen molar-refractivity contribution in [3.63, 3.8) is 0 Å². The maximum Gasteiger partial charge on any atom is 0.132 e. The molecule has 1 aliphatic heterocycles. The van der Waals surface area contributed by atoms with Gasteiger partial charge in [-0.2, -0.15) is 0 Å². The second kappa shape index (κ2) is 9.53. The average molecular weight is 328 g/mol. The predicted octanol–water partition coefficient (Wildman–Crippen LogP) is 2.86. The van der Waals surface area contributed by atoms with Crippen LogP contribution in [-0.4, -0.2) is 39.4 Å². The molecule has 1 aromatic rings. The molecule has 0 fully saturated rings. The summed E-state index contributed by atoms with van der Waals surface area (Å²) in [5.74, 6) is 7.77. The minimum absolute atomic E-state index is 0.112. The summed E-state index contributed by atoms with van der Waals surface area (Å²) in [6.45, 7) is 2.38. The Morgan fingerprint density at radius 3 is 2.58 bits per heavy atom. The van der Waals surface area contributed by atoms with Gasteiger partial charge in [0, 0.05) is 18.2 Å². The van der Waals surface area contributed by atoms with E-state index in [1.807, 2.05) is 43.3 Å². The summed E-state index contributed by atoms with van der Waals surface area (Å²) in [5.41, 5.74) is 2.76. The van der Waals surface area contributed by atoms with Crippen LogP contribution in [0.25, 0.3) is 0 Å². The SMILES string of the molecule is C/C=C1/C=C(C#Cc2ccc(OCCOCCF)cc2)N/C1=N/C. The number of nitrogens with zero attached hydrogens (tertiary/aromatic N) is 1. The van der Waals surface area contributed by atoms with Gasteiger partial charge in [0.15, 0.2) is 0 Å². The van der Waals surface area contributed by atoms with E-state index in [0.717, 1.165) is 28.4 Å². The number of hydrogen-bond donors (Lipinski definition) is 1. The standard InChI is InChI=1S/C19H21FN2O2/c1-3-16-14-17(22-19(16)21-2)7-4-15-5-8-18(9-6-15)24-13-12-23-11-10-20/h3,5-6,8-9,14H,10-13H2,1-2H3,(H,21,22)/b16-3-. The van der Waals surface area contributed by atoms with E-state index in [2.05, 4.69) is 22.2 Å². The van der Waals surface area contributed by atoms with Gasteiger partial charge in [0.25, 0.3) is 0 Å². The van der Waals surface area contributed by atoms with Crippen LogP contribution in [0.2, 0.25) is 0 Å². The van der Waals surface area contributed by atoms with Gasteiger partial charge in [-0.1, -0.05) is 12.0 Å². The summed E-state index contributed by atoms with van der Waals surface area (Å²) in [6.07, 6.45) is 3.97. The van der Waals surface area contributed by atoms with Crippen LogP contribution in [0.15, 0.2) is 52.7 Å². The van der Waals surface area contributed by atoms with E-state index >= 15 is 0 Å². The van der Waals surface area contributed by atoms with E-state index in [9.17, 15) is 4.39 Å². The van der Waals surface area contributed by atoms with Crippen molar-refractivity contribution in [1.29, 1.82) is 0 Å². The molecule has 0 aromatic heterocycles. The Kier molecular flexibility index (Phi) is 7.06. The van der Waals surface area contributed by atoms with Gasteiger partial charge in [-0.25, -0.2) is 4.39 Å². The third-order valence-electron chi connectivity index (χ3n) is 3.27. The van der Waals surface area contributed by atoms with Crippen LogP contribution in [-0.2, 0) is 4.74 Å². The number of benzene rings is 1. The Hall–Kier alpha value is -2.58. The molecule has 2 rings (SSSR count). The lowest BCUT2D eigenvalue weighted by Crippen LogP contribution is -2.16. The first-order chi connectivity index (χ1) is 11.8. The molecule has 1 heterocycles. The number of alkyl halides is 1. The topological polar surface area (TPSA) is 42.9 Å². The summed E-state index contributed by atoms with van der Waals surface area (Å²) >= 11 is 0. The monoisotopic (exact) mass is 328 g/mol. The van der Waals surface area contributed by atoms with Crippen LogP contribution in [0.4, 0.5) is 4.39 Å². The molecule has 1 aromatic carbocycles. The Morgan fingerprint density at radius 2 is 1.96 bits per heavy atom. The lowest BCUT2D eigenvalue weighted by atomic mass is 10.2. The summed E-state index contributed by atoms with van der Waals surface area (Å²) < 4.78 is 22.4. The van der Waals surface area contributed by atoms with Gasteiger partial charge in [-0.05, 0) is 43.2 Å². The molecule has 0 unspecified atom stereocenters. The second-order valence-corrected chi connectivity index (χ2v) is 4.92. The van der Waals surface area contributed by atoms with Gasteiger partial charge in [-0.15, -0.1) is 0 Å². The van der Waals surface area contributed by atoms with Crippen molar-refractivity contribution in [3.05, 3.63) is 53.3 Å². The summed E-state index contributed by atoms with van der Waals surface area (Å²) in [7, 11) is 1.75. The molecule has 1 aliphatic rings. The van der Waals surface area contributed by atoms with Crippen LogP contribution >= 0.6 is 0 Å². The van der Waals surface area contributed by atoms with E-state index in [1.54, 1.807) is 7.05 Å². The lowest BCUT2D eigenvalue weighted by molar-refractivity contribution is 0.0897. The highest BCUT2D eigenvalue weighted by atomic mass is 19.1. The van der Waals surface area contributed by atoms with E-state index in [1.165, 1.54) is 0 Å². The number of ether oxygens (including phenoxy) is 2. The number of nitrogens with one attached hydrogen (secondary N) is 1. The van der Waals surface area contributed by atoms with E-state index in [-0.39, 0.29) is 6.61 Å². The number of hydrogen-bond acceptors (Lipinski definition) is 3. The Bertz CT molecular complexity index is 694. The quantitative estimate of drug-likeness (QED) is 0.645. The van der Waals surface area contributed by atoms with Crippen LogP contribution in [0.1, 0.15) is 12.5 Å². The lowest BCUT2D eigenvalue weighted by Gasteiger charge is -2.06. The molecule has 0 radical (unpaired) electrons. The molecule has 5 heteroatoms.